The first-order chi connectivity index (χ1) is 7.08. The van der Waals surface area contributed by atoms with Gasteiger partial charge in [-0.2, -0.15) is 0 Å². The summed E-state index contributed by atoms with van der Waals surface area (Å²) in [7, 11) is 0. The van der Waals surface area contributed by atoms with Crippen molar-refractivity contribution in [1.29, 1.82) is 0 Å². The maximum Gasteiger partial charge on any atom is 0.171 e. The first-order valence-corrected chi connectivity index (χ1v) is 5.57. The highest BCUT2D eigenvalue weighted by atomic mass is 32.1. The zero-order valence-corrected chi connectivity index (χ0v) is 9.85. The van der Waals surface area contributed by atoms with Gasteiger partial charge in [-0.3, -0.25) is 0 Å². The molecule has 0 aliphatic heterocycles. The Bertz CT molecular complexity index is 479. The maximum absolute atomic E-state index is 5.82. The Kier molecular flexibility index (Phi) is 2.44. The highest BCUT2D eigenvalue weighted by Crippen LogP contribution is 2.26. The van der Waals surface area contributed by atoms with E-state index in [0.717, 1.165) is 22.0 Å². The van der Waals surface area contributed by atoms with Crippen LogP contribution in [0.4, 0.5) is 5.82 Å². The number of anilines is 1. The largest absolute Gasteiger partial charge is 0.383 e. The quantitative estimate of drug-likeness (QED) is 0.802. The van der Waals surface area contributed by atoms with Crippen LogP contribution in [-0.2, 0) is 0 Å². The average Bonchev–Trinajstić information content (AvgIpc) is 2.60. The van der Waals surface area contributed by atoms with Gasteiger partial charge in [-0.05, 0) is 32.9 Å². The number of rotatable bonds is 1. The summed E-state index contributed by atoms with van der Waals surface area (Å²) in [5, 5.41) is 0. The van der Waals surface area contributed by atoms with Crippen molar-refractivity contribution in [2.45, 2.75) is 20.8 Å². The molecule has 4 heteroatoms. The molecule has 0 aliphatic rings. The highest BCUT2D eigenvalue weighted by Gasteiger charge is 2.08. The van der Waals surface area contributed by atoms with Crippen LogP contribution in [0, 0.1) is 20.8 Å². The Labute approximate surface area is 93.0 Å². The van der Waals surface area contributed by atoms with Crippen molar-refractivity contribution in [2.75, 3.05) is 5.73 Å². The first kappa shape index (κ1) is 10.1. The van der Waals surface area contributed by atoms with Crippen molar-refractivity contribution in [3.63, 3.8) is 0 Å². The second kappa shape index (κ2) is 3.62. The summed E-state index contributed by atoms with van der Waals surface area (Å²) in [4.78, 5) is 11.1. The van der Waals surface area contributed by atoms with Crippen molar-refractivity contribution >= 4 is 17.2 Å². The number of hydrogen-bond donors (Lipinski definition) is 1. The van der Waals surface area contributed by atoms with Crippen LogP contribution in [0.3, 0.4) is 0 Å². The molecular formula is C11H13N3S. The van der Waals surface area contributed by atoms with Crippen LogP contribution < -0.4 is 5.73 Å². The van der Waals surface area contributed by atoms with Crippen molar-refractivity contribution < 1.29 is 0 Å². The van der Waals surface area contributed by atoms with E-state index in [0.29, 0.717) is 5.82 Å². The number of nitrogen functional groups attached to an aromatic ring is 1. The van der Waals surface area contributed by atoms with Crippen LogP contribution in [0.5, 0.6) is 0 Å². The topological polar surface area (TPSA) is 51.8 Å². The summed E-state index contributed by atoms with van der Waals surface area (Å²) in [5.41, 5.74) is 7.73. The molecule has 0 bridgehead atoms. The van der Waals surface area contributed by atoms with Crippen LogP contribution in [0.15, 0.2) is 12.1 Å². The van der Waals surface area contributed by atoms with E-state index >= 15 is 0 Å². The van der Waals surface area contributed by atoms with Gasteiger partial charge in [0.1, 0.15) is 5.82 Å². The Morgan fingerprint density at radius 2 is 1.87 bits per heavy atom. The molecule has 3 nitrogen and oxygen atoms in total. The average molecular weight is 219 g/mol. The molecule has 0 saturated heterocycles. The maximum atomic E-state index is 5.82. The summed E-state index contributed by atoms with van der Waals surface area (Å²) >= 11 is 1.68. The molecule has 0 aromatic carbocycles. The molecule has 2 aromatic rings. The SMILES string of the molecule is Cc1ccc(-c2nc(C)c(C)c(N)n2)s1. The fourth-order valence-corrected chi connectivity index (χ4v) is 2.12. The summed E-state index contributed by atoms with van der Waals surface area (Å²) in [6.45, 7) is 5.96. The van der Waals surface area contributed by atoms with Crippen LogP contribution in [0.1, 0.15) is 16.1 Å². The van der Waals surface area contributed by atoms with Crippen molar-refractivity contribution in [3.05, 3.63) is 28.3 Å². The van der Waals surface area contributed by atoms with Crippen LogP contribution in [0.2, 0.25) is 0 Å². The molecule has 0 radical (unpaired) electrons. The van der Waals surface area contributed by atoms with E-state index in [1.807, 2.05) is 19.9 Å². The van der Waals surface area contributed by atoms with Gasteiger partial charge in [0.15, 0.2) is 5.82 Å². The Balaban J connectivity index is 2.55. The number of aromatic nitrogens is 2. The van der Waals surface area contributed by atoms with Crippen LogP contribution >= 0.6 is 11.3 Å². The van der Waals surface area contributed by atoms with E-state index in [2.05, 4.69) is 23.0 Å². The van der Waals surface area contributed by atoms with Crippen LogP contribution in [-0.4, -0.2) is 9.97 Å². The van der Waals surface area contributed by atoms with Crippen LogP contribution in [0.25, 0.3) is 10.7 Å². The van der Waals surface area contributed by atoms with Crippen molar-refractivity contribution in [1.82, 2.24) is 9.97 Å². The summed E-state index contributed by atoms with van der Waals surface area (Å²) in [6.07, 6.45) is 0. The van der Waals surface area contributed by atoms with E-state index in [1.54, 1.807) is 11.3 Å². The van der Waals surface area contributed by atoms with E-state index in [-0.39, 0.29) is 0 Å². The molecule has 0 amide bonds. The zero-order chi connectivity index (χ0) is 11.0. The van der Waals surface area contributed by atoms with E-state index in [1.165, 1.54) is 4.88 Å². The molecule has 78 valence electrons. The van der Waals surface area contributed by atoms with Gasteiger partial charge in [0, 0.05) is 16.1 Å². The molecule has 2 rings (SSSR count). The molecule has 0 unspecified atom stereocenters. The van der Waals surface area contributed by atoms with Gasteiger partial charge < -0.3 is 5.73 Å². The van der Waals surface area contributed by atoms with E-state index in [9.17, 15) is 0 Å². The van der Waals surface area contributed by atoms with Gasteiger partial charge in [-0.1, -0.05) is 0 Å². The predicted molar refractivity (Wildman–Crippen MR) is 64.0 cm³/mol. The smallest absolute Gasteiger partial charge is 0.171 e. The Morgan fingerprint density at radius 1 is 1.13 bits per heavy atom. The fraction of sp³-hybridized carbons (Fsp3) is 0.273. The number of thiophene rings is 1. The molecule has 2 aromatic heterocycles. The molecule has 0 fully saturated rings. The first-order valence-electron chi connectivity index (χ1n) is 4.75. The highest BCUT2D eigenvalue weighted by molar-refractivity contribution is 7.15. The van der Waals surface area contributed by atoms with Crippen molar-refractivity contribution in [3.8, 4) is 10.7 Å². The number of nitrogens with zero attached hydrogens (tertiary/aromatic N) is 2. The van der Waals surface area contributed by atoms with Gasteiger partial charge in [0.05, 0.1) is 4.88 Å². The number of hydrogen-bond acceptors (Lipinski definition) is 4. The third-order valence-electron chi connectivity index (χ3n) is 2.39. The molecule has 2 N–H and O–H groups in total. The Hall–Kier alpha value is -1.42. The number of nitrogens with two attached hydrogens (primary N) is 1. The molecule has 2 heterocycles. The van der Waals surface area contributed by atoms with Gasteiger partial charge >= 0.3 is 0 Å². The van der Waals surface area contributed by atoms with E-state index < -0.39 is 0 Å². The fourth-order valence-electron chi connectivity index (χ4n) is 1.32. The number of aryl methyl sites for hydroxylation is 2. The van der Waals surface area contributed by atoms with Gasteiger partial charge in [0.2, 0.25) is 0 Å². The summed E-state index contributed by atoms with van der Waals surface area (Å²) in [6, 6.07) is 4.10. The molecule has 0 spiro atoms. The molecule has 0 aliphatic carbocycles. The lowest BCUT2D eigenvalue weighted by Gasteiger charge is -2.04. The second-order valence-electron chi connectivity index (χ2n) is 3.55. The monoisotopic (exact) mass is 219 g/mol. The van der Waals surface area contributed by atoms with Gasteiger partial charge in [0.25, 0.3) is 0 Å². The molecule has 0 atom stereocenters. The molecular weight excluding hydrogens is 206 g/mol. The van der Waals surface area contributed by atoms with Gasteiger partial charge in [-0.25, -0.2) is 9.97 Å². The third kappa shape index (κ3) is 1.85. The minimum Gasteiger partial charge on any atom is -0.383 e. The van der Waals surface area contributed by atoms with E-state index in [4.69, 9.17) is 5.73 Å². The molecule has 15 heavy (non-hydrogen) atoms. The predicted octanol–water partition coefficient (Wildman–Crippen LogP) is 2.71. The lowest BCUT2D eigenvalue weighted by atomic mass is 10.2. The zero-order valence-electron chi connectivity index (χ0n) is 9.03. The summed E-state index contributed by atoms with van der Waals surface area (Å²) in [5.74, 6) is 1.30. The Morgan fingerprint density at radius 3 is 2.40 bits per heavy atom. The molecule has 0 saturated carbocycles. The standard InChI is InChI=1S/C11H13N3S/c1-6-4-5-9(15-6)11-13-8(3)7(2)10(12)14-11/h4-5H,1-3H3,(H2,12,13,14). The summed E-state index contributed by atoms with van der Waals surface area (Å²) < 4.78 is 0. The lowest BCUT2D eigenvalue weighted by Crippen LogP contribution is -2.01. The van der Waals surface area contributed by atoms with Gasteiger partial charge in [-0.15, -0.1) is 11.3 Å². The normalized spacial score (nSPS) is 10.6. The minimum absolute atomic E-state index is 0.573. The minimum atomic E-state index is 0.573. The third-order valence-corrected chi connectivity index (χ3v) is 3.38. The van der Waals surface area contributed by atoms with Crippen molar-refractivity contribution in [2.24, 2.45) is 0 Å². The second-order valence-corrected chi connectivity index (χ2v) is 4.84. The lowest BCUT2D eigenvalue weighted by molar-refractivity contribution is 1.08.